The van der Waals surface area contributed by atoms with Gasteiger partial charge in [-0.2, -0.15) is 5.26 Å². The zero-order valence-corrected chi connectivity index (χ0v) is 15.3. The molecule has 0 amide bonds. The molecule has 1 aliphatic rings. The van der Waals surface area contributed by atoms with E-state index in [1.54, 1.807) is 0 Å². The fraction of sp³-hybridized carbons (Fsp3) is 0.286. The highest BCUT2D eigenvalue weighted by Gasteiger charge is 2.23. The van der Waals surface area contributed by atoms with Crippen molar-refractivity contribution in [1.82, 2.24) is 4.57 Å². The van der Waals surface area contributed by atoms with Gasteiger partial charge in [0.05, 0.1) is 18.0 Å². The molecule has 1 unspecified atom stereocenters. The number of rotatable bonds is 6. The Morgan fingerprint density at radius 2 is 2.27 bits per heavy atom. The van der Waals surface area contributed by atoms with E-state index in [9.17, 15) is 9.59 Å². The molecule has 1 aromatic heterocycles. The van der Waals surface area contributed by atoms with Crippen molar-refractivity contribution in [2.75, 3.05) is 5.88 Å². The fourth-order valence-electron chi connectivity index (χ4n) is 3.59. The minimum atomic E-state index is -0.0957. The summed E-state index contributed by atoms with van der Waals surface area (Å²) < 4.78 is 2.14. The molecule has 1 heterocycles. The van der Waals surface area contributed by atoms with E-state index in [1.807, 2.05) is 43.4 Å². The summed E-state index contributed by atoms with van der Waals surface area (Å²) >= 11 is 5.83. The third-order valence-electron chi connectivity index (χ3n) is 4.80. The van der Waals surface area contributed by atoms with Gasteiger partial charge >= 0.3 is 0 Å². The van der Waals surface area contributed by atoms with E-state index in [0.717, 1.165) is 28.4 Å². The summed E-state index contributed by atoms with van der Waals surface area (Å²) in [6.07, 6.45) is 8.47. The number of halogens is 1. The van der Waals surface area contributed by atoms with Gasteiger partial charge in [-0.1, -0.05) is 24.3 Å². The third kappa shape index (κ3) is 3.23. The van der Waals surface area contributed by atoms with Gasteiger partial charge in [-0.05, 0) is 37.5 Å². The van der Waals surface area contributed by atoms with Crippen LogP contribution in [0.15, 0.2) is 42.0 Å². The molecule has 0 radical (unpaired) electrons. The number of fused-ring (bicyclic) bond motifs is 1. The molecule has 0 bridgehead atoms. The maximum Gasteiger partial charge on any atom is 0.180 e. The van der Waals surface area contributed by atoms with Crippen LogP contribution in [0.25, 0.3) is 10.9 Å². The molecule has 0 saturated heterocycles. The average molecular weight is 367 g/mol. The Hall–Kier alpha value is -2.64. The molecular weight excluding hydrogens is 348 g/mol. The molecule has 0 spiro atoms. The Balaban J connectivity index is 2.16. The Bertz CT molecular complexity index is 976. The highest BCUT2D eigenvalue weighted by molar-refractivity contribution is 6.32. The number of carbonyl (C=O) groups is 2. The number of aromatic nitrogens is 1. The lowest BCUT2D eigenvalue weighted by Gasteiger charge is -2.20. The number of nitrogens with zero attached hydrogens (tertiary/aromatic N) is 2. The molecule has 26 heavy (non-hydrogen) atoms. The Labute approximate surface area is 157 Å². The van der Waals surface area contributed by atoms with E-state index in [-0.39, 0.29) is 17.7 Å². The molecule has 0 fully saturated rings. The van der Waals surface area contributed by atoms with Crippen LogP contribution >= 0.6 is 11.6 Å². The van der Waals surface area contributed by atoms with E-state index in [0.29, 0.717) is 30.4 Å². The second-order valence-corrected chi connectivity index (χ2v) is 6.64. The topological polar surface area (TPSA) is 62.9 Å². The standard InChI is InChI=1S/C21H19ClN2O2/c1-14-21(20(26)12-22)18-9-6-15(3-2-10-25)11-19(18)24(14)17-7-4-16(13-23)5-8-17/h4-7,9-11,17H,2-3,8,12H2,1H3. The first-order valence-electron chi connectivity index (χ1n) is 8.55. The lowest BCUT2D eigenvalue weighted by molar-refractivity contribution is -0.107. The number of benzene rings is 1. The summed E-state index contributed by atoms with van der Waals surface area (Å²) in [5.41, 5.74) is 4.20. The van der Waals surface area contributed by atoms with Gasteiger partial charge in [-0.25, -0.2) is 0 Å². The first-order valence-corrected chi connectivity index (χ1v) is 9.08. The van der Waals surface area contributed by atoms with Crippen molar-refractivity contribution in [1.29, 1.82) is 5.26 Å². The molecular formula is C21H19ClN2O2. The maximum atomic E-state index is 12.4. The molecule has 0 N–H and O–H groups in total. The van der Waals surface area contributed by atoms with E-state index in [1.165, 1.54) is 0 Å². The zero-order valence-electron chi connectivity index (χ0n) is 14.5. The zero-order chi connectivity index (χ0) is 18.7. The number of allylic oxidation sites excluding steroid dienone is 4. The quantitative estimate of drug-likeness (QED) is 0.431. The van der Waals surface area contributed by atoms with Gasteiger partial charge in [0.2, 0.25) is 0 Å². The van der Waals surface area contributed by atoms with Gasteiger partial charge in [0.15, 0.2) is 5.78 Å². The van der Waals surface area contributed by atoms with Gasteiger partial charge < -0.3 is 9.36 Å². The summed E-state index contributed by atoms with van der Waals surface area (Å²) in [5.74, 6) is -0.159. The Morgan fingerprint density at radius 3 is 2.88 bits per heavy atom. The maximum absolute atomic E-state index is 12.4. The summed E-state index contributed by atoms with van der Waals surface area (Å²) in [4.78, 5) is 23.1. The van der Waals surface area contributed by atoms with Gasteiger partial charge in [0.25, 0.3) is 0 Å². The summed E-state index contributed by atoms with van der Waals surface area (Å²) in [6.45, 7) is 1.93. The van der Waals surface area contributed by atoms with Crippen LogP contribution in [-0.2, 0) is 11.2 Å². The summed E-state index contributed by atoms with van der Waals surface area (Å²) in [7, 11) is 0. The predicted octanol–water partition coefficient (Wildman–Crippen LogP) is 4.45. The summed E-state index contributed by atoms with van der Waals surface area (Å²) in [5, 5.41) is 9.92. The van der Waals surface area contributed by atoms with Crippen molar-refractivity contribution >= 4 is 34.6 Å². The smallest absolute Gasteiger partial charge is 0.180 e. The third-order valence-corrected chi connectivity index (χ3v) is 5.05. The highest BCUT2D eigenvalue weighted by atomic mass is 35.5. The number of aldehydes is 1. The van der Waals surface area contributed by atoms with Crippen LogP contribution < -0.4 is 0 Å². The van der Waals surface area contributed by atoms with Crippen molar-refractivity contribution in [3.05, 3.63) is 58.8 Å². The first kappa shape index (κ1) is 18.2. The number of ketones is 1. The average Bonchev–Trinajstić information content (AvgIpc) is 2.97. The van der Waals surface area contributed by atoms with Crippen molar-refractivity contribution in [3.63, 3.8) is 0 Å². The van der Waals surface area contributed by atoms with Crippen LogP contribution in [0.3, 0.4) is 0 Å². The molecule has 2 aromatic rings. The number of alkyl halides is 1. The molecule has 0 aliphatic heterocycles. The monoisotopic (exact) mass is 366 g/mol. The minimum absolute atomic E-state index is 0.0350. The van der Waals surface area contributed by atoms with E-state index < -0.39 is 0 Å². The van der Waals surface area contributed by atoms with Crippen LogP contribution in [0.2, 0.25) is 0 Å². The van der Waals surface area contributed by atoms with Gasteiger partial charge in [-0.3, -0.25) is 4.79 Å². The van der Waals surface area contributed by atoms with Gasteiger partial charge in [0, 0.05) is 34.2 Å². The molecule has 1 aliphatic carbocycles. The lowest BCUT2D eigenvalue weighted by Crippen LogP contribution is -2.11. The minimum Gasteiger partial charge on any atom is -0.337 e. The van der Waals surface area contributed by atoms with E-state index in [2.05, 4.69) is 10.6 Å². The number of carbonyl (C=O) groups excluding carboxylic acids is 2. The lowest BCUT2D eigenvalue weighted by atomic mass is 10.0. The normalized spacial score (nSPS) is 16.3. The van der Waals surface area contributed by atoms with Crippen LogP contribution in [0, 0.1) is 18.3 Å². The van der Waals surface area contributed by atoms with Crippen molar-refractivity contribution in [2.24, 2.45) is 0 Å². The second kappa shape index (κ2) is 7.72. The number of nitriles is 1. The molecule has 132 valence electrons. The SMILES string of the molecule is Cc1c(C(=O)CCl)c2ccc(CCC=O)cc2n1C1C=CC(C#N)=CC1. The molecule has 1 atom stereocenters. The number of aryl methyl sites for hydroxylation is 1. The molecule has 1 aromatic carbocycles. The second-order valence-electron chi connectivity index (χ2n) is 6.38. The predicted molar refractivity (Wildman–Crippen MR) is 103 cm³/mol. The Kier molecular flexibility index (Phi) is 5.39. The molecule has 0 saturated carbocycles. The van der Waals surface area contributed by atoms with Crippen LogP contribution in [-0.4, -0.2) is 22.5 Å². The van der Waals surface area contributed by atoms with Crippen LogP contribution in [0.5, 0.6) is 0 Å². The van der Waals surface area contributed by atoms with Crippen LogP contribution in [0.4, 0.5) is 0 Å². The number of Topliss-reactive ketones (excluding diaryl/α,β-unsaturated/α-hetero) is 1. The molecule has 3 rings (SSSR count). The van der Waals surface area contributed by atoms with Crippen molar-refractivity contribution in [2.45, 2.75) is 32.2 Å². The van der Waals surface area contributed by atoms with Gasteiger partial charge in [-0.15, -0.1) is 11.6 Å². The van der Waals surface area contributed by atoms with Crippen LogP contribution in [0.1, 0.15) is 40.5 Å². The molecule has 5 heteroatoms. The Morgan fingerprint density at radius 1 is 1.46 bits per heavy atom. The van der Waals surface area contributed by atoms with Gasteiger partial charge in [0.1, 0.15) is 6.29 Å². The number of hydrogen-bond donors (Lipinski definition) is 0. The van der Waals surface area contributed by atoms with E-state index >= 15 is 0 Å². The molecule has 4 nitrogen and oxygen atoms in total. The highest BCUT2D eigenvalue weighted by Crippen LogP contribution is 2.34. The fourth-order valence-corrected chi connectivity index (χ4v) is 3.73. The van der Waals surface area contributed by atoms with Crippen molar-refractivity contribution < 1.29 is 9.59 Å². The number of hydrogen-bond acceptors (Lipinski definition) is 3. The van der Waals surface area contributed by atoms with Crippen molar-refractivity contribution in [3.8, 4) is 6.07 Å². The summed E-state index contributed by atoms with van der Waals surface area (Å²) in [6, 6.07) is 8.15. The van der Waals surface area contributed by atoms with E-state index in [4.69, 9.17) is 16.9 Å². The largest absolute Gasteiger partial charge is 0.337 e. The first-order chi connectivity index (χ1) is 12.6.